The second-order valence-corrected chi connectivity index (χ2v) is 9.61. The Morgan fingerprint density at radius 3 is 2.69 bits per heavy atom. The van der Waals surface area contributed by atoms with Crippen molar-refractivity contribution in [3.63, 3.8) is 0 Å². The summed E-state index contributed by atoms with van der Waals surface area (Å²) < 4.78 is 7.91. The van der Waals surface area contributed by atoms with E-state index in [0.717, 1.165) is 42.2 Å². The molecule has 3 aromatic rings. The van der Waals surface area contributed by atoms with Crippen molar-refractivity contribution in [2.24, 2.45) is 0 Å². The molecule has 3 heterocycles. The highest BCUT2D eigenvalue weighted by Crippen LogP contribution is 2.34. The average Bonchev–Trinajstić information content (AvgIpc) is 2.87. The Labute approximate surface area is 195 Å². The van der Waals surface area contributed by atoms with Crippen LogP contribution in [0.4, 0.5) is 0 Å². The van der Waals surface area contributed by atoms with E-state index in [1.165, 1.54) is 22.2 Å². The van der Waals surface area contributed by atoms with E-state index in [1.54, 1.807) is 0 Å². The lowest BCUT2D eigenvalue weighted by molar-refractivity contribution is -0.147. The van der Waals surface area contributed by atoms with E-state index in [-0.39, 0.29) is 18.0 Å². The van der Waals surface area contributed by atoms with Gasteiger partial charge in [0.2, 0.25) is 0 Å². The SMILES string of the molecule is Cc1ccc(C(CC(=O)OC(C)C)Cn2c3c(c4cc(Cl)ccc42)CCN(C)CC3)cn1. The first-order valence-electron chi connectivity index (χ1n) is 11.4. The van der Waals surface area contributed by atoms with Crippen LogP contribution in [-0.4, -0.2) is 46.7 Å². The number of carbonyl (C=O) groups is 1. The first-order chi connectivity index (χ1) is 15.3. The molecule has 1 aliphatic rings. The van der Waals surface area contributed by atoms with Crippen molar-refractivity contribution < 1.29 is 9.53 Å². The van der Waals surface area contributed by atoms with Crippen LogP contribution in [0.15, 0.2) is 36.5 Å². The van der Waals surface area contributed by atoms with Gasteiger partial charge in [-0.2, -0.15) is 0 Å². The van der Waals surface area contributed by atoms with E-state index < -0.39 is 0 Å². The maximum Gasteiger partial charge on any atom is 0.306 e. The molecule has 1 unspecified atom stereocenters. The maximum absolute atomic E-state index is 12.7. The summed E-state index contributed by atoms with van der Waals surface area (Å²) in [5, 5.41) is 1.99. The van der Waals surface area contributed by atoms with Gasteiger partial charge in [-0.25, -0.2) is 0 Å². The summed E-state index contributed by atoms with van der Waals surface area (Å²) in [4.78, 5) is 19.5. The quantitative estimate of drug-likeness (QED) is 0.484. The van der Waals surface area contributed by atoms with Crippen LogP contribution in [0.25, 0.3) is 10.9 Å². The van der Waals surface area contributed by atoms with Crippen LogP contribution in [0.2, 0.25) is 5.02 Å². The molecule has 170 valence electrons. The molecule has 5 nitrogen and oxygen atoms in total. The molecule has 0 radical (unpaired) electrons. The average molecular weight is 454 g/mol. The third kappa shape index (κ3) is 5.00. The number of nitrogens with zero attached hydrogens (tertiary/aromatic N) is 3. The first kappa shape index (κ1) is 22.8. The fourth-order valence-electron chi connectivity index (χ4n) is 4.67. The van der Waals surface area contributed by atoms with Crippen molar-refractivity contribution in [2.75, 3.05) is 20.1 Å². The molecule has 4 rings (SSSR count). The molecule has 1 aromatic carbocycles. The fraction of sp³-hybridized carbons (Fsp3) is 0.462. The fourth-order valence-corrected chi connectivity index (χ4v) is 4.85. The van der Waals surface area contributed by atoms with Crippen LogP contribution in [-0.2, 0) is 28.9 Å². The molecule has 6 heteroatoms. The Balaban J connectivity index is 1.76. The summed E-state index contributed by atoms with van der Waals surface area (Å²) in [6, 6.07) is 10.3. The predicted molar refractivity (Wildman–Crippen MR) is 129 cm³/mol. The molecule has 0 N–H and O–H groups in total. The van der Waals surface area contributed by atoms with E-state index in [2.05, 4.69) is 39.7 Å². The van der Waals surface area contributed by atoms with Gasteiger partial charge in [-0.3, -0.25) is 9.78 Å². The highest BCUT2D eigenvalue weighted by atomic mass is 35.5. The summed E-state index contributed by atoms with van der Waals surface area (Å²) in [6.45, 7) is 8.51. The zero-order chi connectivity index (χ0) is 22.8. The summed E-state index contributed by atoms with van der Waals surface area (Å²) in [5.74, 6) is -0.193. The van der Waals surface area contributed by atoms with Gasteiger partial charge in [0, 0.05) is 65.5 Å². The number of hydrogen-bond acceptors (Lipinski definition) is 4. The monoisotopic (exact) mass is 453 g/mol. The van der Waals surface area contributed by atoms with E-state index in [1.807, 2.05) is 39.1 Å². The lowest BCUT2D eigenvalue weighted by atomic mass is 9.96. The van der Waals surface area contributed by atoms with Crippen molar-refractivity contribution in [3.05, 3.63) is 64.1 Å². The third-order valence-corrected chi connectivity index (χ3v) is 6.55. The zero-order valence-electron chi connectivity index (χ0n) is 19.4. The molecular weight excluding hydrogens is 422 g/mol. The number of pyridine rings is 1. The molecule has 0 bridgehead atoms. The molecule has 1 aliphatic heterocycles. The van der Waals surface area contributed by atoms with Gasteiger partial charge in [-0.05, 0) is 69.6 Å². The van der Waals surface area contributed by atoms with E-state index in [4.69, 9.17) is 16.3 Å². The number of esters is 1. The van der Waals surface area contributed by atoms with E-state index >= 15 is 0 Å². The topological polar surface area (TPSA) is 47.4 Å². The second kappa shape index (κ2) is 9.63. The van der Waals surface area contributed by atoms with E-state index in [9.17, 15) is 4.79 Å². The molecule has 1 atom stereocenters. The van der Waals surface area contributed by atoms with Gasteiger partial charge >= 0.3 is 5.97 Å². The Morgan fingerprint density at radius 1 is 1.19 bits per heavy atom. The largest absolute Gasteiger partial charge is 0.463 e. The lowest BCUT2D eigenvalue weighted by Crippen LogP contribution is -2.22. The second-order valence-electron chi connectivity index (χ2n) is 9.17. The molecule has 32 heavy (non-hydrogen) atoms. The van der Waals surface area contributed by atoms with E-state index in [0.29, 0.717) is 13.0 Å². The normalized spacial score (nSPS) is 15.6. The summed E-state index contributed by atoms with van der Waals surface area (Å²) in [6.07, 6.45) is 4.08. The van der Waals surface area contributed by atoms with Crippen LogP contribution in [0, 0.1) is 6.92 Å². The molecule has 0 amide bonds. The van der Waals surface area contributed by atoms with Gasteiger partial charge in [0.25, 0.3) is 0 Å². The van der Waals surface area contributed by atoms with Gasteiger partial charge in [-0.1, -0.05) is 17.7 Å². The molecule has 0 fully saturated rings. The van der Waals surface area contributed by atoms with Crippen molar-refractivity contribution >= 4 is 28.5 Å². The van der Waals surface area contributed by atoms with Crippen molar-refractivity contribution in [2.45, 2.75) is 58.6 Å². The minimum Gasteiger partial charge on any atom is -0.463 e. The van der Waals surface area contributed by atoms with Crippen LogP contribution < -0.4 is 0 Å². The number of ether oxygens (including phenoxy) is 1. The Morgan fingerprint density at radius 2 is 1.97 bits per heavy atom. The number of carbonyl (C=O) groups excluding carboxylic acids is 1. The Bertz CT molecular complexity index is 1100. The molecule has 0 aliphatic carbocycles. The Kier molecular flexibility index (Phi) is 6.87. The van der Waals surface area contributed by atoms with Gasteiger partial charge < -0.3 is 14.2 Å². The first-order valence-corrected chi connectivity index (χ1v) is 11.8. The van der Waals surface area contributed by atoms with Crippen LogP contribution >= 0.6 is 11.6 Å². The Hall–Kier alpha value is -2.37. The summed E-state index contributed by atoms with van der Waals surface area (Å²) >= 11 is 6.38. The van der Waals surface area contributed by atoms with Gasteiger partial charge in [0.15, 0.2) is 0 Å². The van der Waals surface area contributed by atoms with Crippen LogP contribution in [0.1, 0.15) is 48.7 Å². The zero-order valence-corrected chi connectivity index (χ0v) is 20.2. The number of hydrogen-bond donors (Lipinski definition) is 0. The minimum atomic E-state index is -0.170. The van der Waals surface area contributed by atoms with Gasteiger partial charge in [-0.15, -0.1) is 0 Å². The molecule has 0 saturated carbocycles. The predicted octanol–water partition coefficient (Wildman–Crippen LogP) is 5.15. The summed E-state index contributed by atoms with van der Waals surface area (Å²) in [5.41, 5.74) is 5.96. The highest BCUT2D eigenvalue weighted by Gasteiger charge is 2.25. The highest BCUT2D eigenvalue weighted by molar-refractivity contribution is 6.31. The number of fused-ring (bicyclic) bond motifs is 3. The number of aromatic nitrogens is 2. The maximum atomic E-state index is 12.7. The van der Waals surface area contributed by atoms with Crippen molar-refractivity contribution in [1.29, 1.82) is 0 Å². The third-order valence-electron chi connectivity index (χ3n) is 6.31. The van der Waals surface area contributed by atoms with Gasteiger partial charge in [0.1, 0.15) is 0 Å². The van der Waals surface area contributed by atoms with Gasteiger partial charge in [0.05, 0.1) is 12.5 Å². The van der Waals surface area contributed by atoms with Crippen molar-refractivity contribution in [1.82, 2.24) is 14.5 Å². The van der Waals surface area contributed by atoms with Crippen LogP contribution in [0.5, 0.6) is 0 Å². The number of benzene rings is 1. The number of halogens is 1. The number of rotatable bonds is 6. The molecular formula is C26H32ClN3O2. The lowest BCUT2D eigenvalue weighted by Gasteiger charge is -2.21. The molecule has 0 saturated heterocycles. The molecule has 0 spiro atoms. The molecule has 2 aromatic heterocycles. The number of likely N-dealkylation sites (N-methyl/N-ethyl adjacent to an activating group) is 1. The van der Waals surface area contributed by atoms with Crippen LogP contribution in [0.3, 0.4) is 0 Å². The smallest absolute Gasteiger partial charge is 0.306 e. The number of aryl methyl sites for hydroxylation is 1. The summed E-state index contributed by atoms with van der Waals surface area (Å²) in [7, 11) is 2.17. The standard InChI is InChI=1S/C26H32ClN3O2/c1-17(2)32-26(31)13-20(19-6-5-18(3)28-15-19)16-30-24-8-7-21(27)14-23(24)22-9-11-29(4)12-10-25(22)30/h5-8,14-15,17,20H,9-13,16H2,1-4H3. The minimum absolute atomic E-state index is 0.0225. The van der Waals surface area contributed by atoms with Crippen molar-refractivity contribution in [3.8, 4) is 0 Å².